The minimum atomic E-state index is 0.382. The molecule has 1 aromatic carbocycles. The highest BCUT2D eigenvalue weighted by molar-refractivity contribution is 5.54. The Labute approximate surface area is 136 Å². The second kappa shape index (κ2) is 5.78. The summed E-state index contributed by atoms with van der Waals surface area (Å²) < 4.78 is 0. The predicted octanol–water partition coefficient (Wildman–Crippen LogP) is 3.81. The fraction of sp³-hybridized carbons (Fsp3) is 0.368. The van der Waals surface area contributed by atoms with E-state index >= 15 is 0 Å². The number of benzene rings is 1. The zero-order chi connectivity index (χ0) is 15.8. The summed E-state index contributed by atoms with van der Waals surface area (Å²) in [5.41, 5.74) is 4.68. The molecule has 23 heavy (non-hydrogen) atoms. The third-order valence-electron chi connectivity index (χ3n) is 4.83. The van der Waals surface area contributed by atoms with E-state index in [1.54, 1.807) is 0 Å². The molecule has 3 atom stereocenters. The van der Waals surface area contributed by atoms with Crippen LogP contribution in [0.25, 0.3) is 11.4 Å². The smallest absolute Gasteiger partial charge is 0.109 e. The van der Waals surface area contributed by atoms with Gasteiger partial charge in [0, 0.05) is 24.2 Å². The first-order chi connectivity index (χ1) is 11.2. The molecule has 0 amide bonds. The molecule has 1 saturated heterocycles. The lowest BCUT2D eigenvalue weighted by molar-refractivity contribution is 0.299. The number of fused-ring (bicyclic) bond motifs is 1. The Morgan fingerprint density at radius 1 is 1.04 bits per heavy atom. The summed E-state index contributed by atoms with van der Waals surface area (Å²) in [5, 5.41) is 3.73. The van der Waals surface area contributed by atoms with E-state index in [1.165, 1.54) is 11.1 Å². The second-order valence-corrected chi connectivity index (χ2v) is 6.71. The zero-order valence-corrected chi connectivity index (χ0v) is 13.6. The van der Waals surface area contributed by atoms with Crippen LogP contribution in [-0.4, -0.2) is 21.0 Å². The molecule has 0 saturated carbocycles. The van der Waals surface area contributed by atoms with E-state index in [4.69, 9.17) is 0 Å². The number of nitrogens with zero attached hydrogens (tertiary/aromatic N) is 2. The molecule has 4 nitrogen and oxygen atoms in total. The van der Waals surface area contributed by atoms with Gasteiger partial charge in [-0.15, -0.1) is 0 Å². The number of piperidine rings is 1. The summed E-state index contributed by atoms with van der Waals surface area (Å²) in [5.74, 6) is 1.52. The van der Waals surface area contributed by atoms with Crippen LogP contribution in [-0.2, 0) is 0 Å². The van der Waals surface area contributed by atoms with E-state index in [1.807, 2.05) is 18.5 Å². The molecule has 118 valence electrons. The van der Waals surface area contributed by atoms with Crippen LogP contribution in [0.5, 0.6) is 0 Å². The number of aromatic nitrogens is 3. The normalized spacial score (nSPS) is 24.9. The van der Waals surface area contributed by atoms with Gasteiger partial charge in [-0.2, -0.15) is 0 Å². The average molecular weight is 306 g/mol. The van der Waals surface area contributed by atoms with Gasteiger partial charge in [0.15, 0.2) is 0 Å². The fourth-order valence-corrected chi connectivity index (χ4v) is 3.61. The van der Waals surface area contributed by atoms with Gasteiger partial charge in [0.25, 0.3) is 0 Å². The highest BCUT2D eigenvalue weighted by atomic mass is 15.0. The number of nitrogens with one attached hydrogen (secondary N) is 2. The minimum Gasteiger partial charge on any atom is -0.342 e. The summed E-state index contributed by atoms with van der Waals surface area (Å²) in [6.45, 7) is 4.39. The van der Waals surface area contributed by atoms with E-state index in [2.05, 4.69) is 58.4 Å². The molecule has 3 unspecified atom stereocenters. The van der Waals surface area contributed by atoms with Crippen LogP contribution in [0.2, 0.25) is 0 Å². The van der Waals surface area contributed by atoms with Crippen LogP contribution in [0, 0.1) is 6.92 Å². The van der Waals surface area contributed by atoms with Gasteiger partial charge < -0.3 is 10.3 Å². The van der Waals surface area contributed by atoms with Gasteiger partial charge in [0.05, 0.1) is 11.9 Å². The quantitative estimate of drug-likeness (QED) is 0.757. The third kappa shape index (κ3) is 2.86. The molecule has 3 aliphatic rings. The van der Waals surface area contributed by atoms with Gasteiger partial charge >= 0.3 is 0 Å². The van der Waals surface area contributed by atoms with Gasteiger partial charge in [-0.3, -0.25) is 4.98 Å². The molecule has 0 bridgehead atoms. The number of aryl methyl sites for hydroxylation is 1. The summed E-state index contributed by atoms with van der Waals surface area (Å²) in [7, 11) is 0. The molecular weight excluding hydrogens is 284 g/mol. The number of H-pyrrole nitrogens is 1. The molecule has 3 heterocycles. The molecule has 0 radical (unpaired) electrons. The van der Waals surface area contributed by atoms with Crippen molar-refractivity contribution in [3.05, 3.63) is 59.7 Å². The second-order valence-electron chi connectivity index (χ2n) is 6.71. The van der Waals surface area contributed by atoms with Crippen LogP contribution >= 0.6 is 0 Å². The molecule has 4 heteroatoms. The highest BCUT2D eigenvalue weighted by Crippen LogP contribution is 2.35. The van der Waals surface area contributed by atoms with Crippen LogP contribution in [0.15, 0.2) is 42.7 Å². The van der Waals surface area contributed by atoms with Crippen LogP contribution in [0.3, 0.4) is 0 Å². The fourth-order valence-electron chi connectivity index (χ4n) is 3.61. The molecule has 0 spiro atoms. The van der Waals surface area contributed by atoms with Gasteiger partial charge in [0.2, 0.25) is 0 Å². The van der Waals surface area contributed by atoms with Crippen molar-refractivity contribution in [1.29, 1.82) is 0 Å². The molecule has 0 aliphatic carbocycles. The van der Waals surface area contributed by atoms with E-state index in [9.17, 15) is 0 Å². The summed E-state index contributed by atoms with van der Waals surface area (Å²) >= 11 is 0. The first kappa shape index (κ1) is 14.4. The van der Waals surface area contributed by atoms with Crippen molar-refractivity contribution in [2.24, 2.45) is 0 Å². The molecule has 4 rings (SSSR count). The molecule has 1 aromatic rings. The monoisotopic (exact) mass is 306 g/mol. The largest absolute Gasteiger partial charge is 0.342 e. The maximum Gasteiger partial charge on any atom is 0.109 e. The zero-order valence-electron chi connectivity index (χ0n) is 13.6. The summed E-state index contributed by atoms with van der Waals surface area (Å²) in [6, 6.07) is 11.7. The van der Waals surface area contributed by atoms with Gasteiger partial charge in [-0.25, -0.2) is 4.98 Å². The van der Waals surface area contributed by atoms with E-state index in [-0.39, 0.29) is 0 Å². The van der Waals surface area contributed by atoms with Crippen molar-refractivity contribution < 1.29 is 0 Å². The van der Waals surface area contributed by atoms with Crippen LogP contribution < -0.4 is 5.32 Å². The lowest BCUT2D eigenvalue weighted by Gasteiger charge is -2.34. The first-order valence-corrected chi connectivity index (χ1v) is 8.31. The van der Waals surface area contributed by atoms with Gasteiger partial charge in [0.1, 0.15) is 11.5 Å². The van der Waals surface area contributed by atoms with Crippen molar-refractivity contribution >= 4 is 0 Å². The first-order valence-electron chi connectivity index (χ1n) is 8.31. The Morgan fingerprint density at radius 3 is 2.70 bits per heavy atom. The number of rotatable bonds is 2. The Bertz CT molecular complexity index is 761. The van der Waals surface area contributed by atoms with Crippen molar-refractivity contribution in [2.45, 2.75) is 44.7 Å². The molecular formula is C19H22N4. The lowest BCUT2D eigenvalue weighted by Crippen LogP contribution is -2.38. The SMILES string of the molecule is Cc1ccc(C2CC(c3ncc4nccc-4[nH]3)CC(C)N2)cc1. The van der Waals surface area contributed by atoms with Crippen LogP contribution in [0.1, 0.15) is 48.7 Å². The Morgan fingerprint density at radius 2 is 1.87 bits per heavy atom. The summed E-state index contributed by atoms with van der Waals surface area (Å²) in [4.78, 5) is 12.4. The van der Waals surface area contributed by atoms with Crippen molar-refractivity contribution in [2.75, 3.05) is 0 Å². The van der Waals surface area contributed by atoms with E-state index < -0.39 is 0 Å². The number of hydrogen-bond acceptors (Lipinski definition) is 3. The average Bonchev–Trinajstić information content (AvgIpc) is 3.02. The van der Waals surface area contributed by atoms with E-state index in [0.717, 1.165) is 30.1 Å². The third-order valence-corrected chi connectivity index (χ3v) is 4.83. The summed E-state index contributed by atoms with van der Waals surface area (Å²) in [6.07, 6.45) is 5.88. The van der Waals surface area contributed by atoms with Crippen LogP contribution in [0.4, 0.5) is 0 Å². The number of aromatic amines is 1. The molecule has 1 fully saturated rings. The van der Waals surface area contributed by atoms with Crippen molar-refractivity contribution in [1.82, 2.24) is 20.3 Å². The molecule has 2 N–H and O–H groups in total. The van der Waals surface area contributed by atoms with Crippen molar-refractivity contribution in [3.63, 3.8) is 0 Å². The van der Waals surface area contributed by atoms with E-state index in [0.29, 0.717) is 18.0 Å². The minimum absolute atomic E-state index is 0.382. The standard InChI is InChI=1S/C19H22N4/c1-12-3-5-14(6-4-12)17-10-15(9-13(2)22-17)19-21-11-18-16(23-19)7-8-20-18/h3-8,11,13,15,17,22H,9-10H2,1-2H3,(H,21,23). The Balaban J connectivity index is 1.61. The number of hydrogen-bond donors (Lipinski definition) is 2. The lowest BCUT2D eigenvalue weighted by atomic mass is 9.84. The molecule has 0 aromatic heterocycles. The topological polar surface area (TPSA) is 53.6 Å². The van der Waals surface area contributed by atoms with Gasteiger partial charge in [-0.1, -0.05) is 29.8 Å². The Kier molecular flexibility index (Phi) is 3.62. The maximum atomic E-state index is 4.63. The molecule has 3 aliphatic heterocycles. The predicted molar refractivity (Wildman–Crippen MR) is 91.5 cm³/mol. The Hall–Kier alpha value is -2.20. The highest BCUT2D eigenvalue weighted by Gasteiger charge is 2.29. The van der Waals surface area contributed by atoms with Crippen molar-refractivity contribution in [3.8, 4) is 11.4 Å². The van der Waals surface area contributed by atoms with Gasteiger partial charge in [-0.05, 0) is 38.3 Å². The maximum absolute atomic E-state index is 4.63.